The maximum atomic E-state index is 14.6. The summed E-state index contributed by atoms with van der Waals surface area (Å²) in [6, 6.07) is 9.52. The first kappa shape index (κ1) is 26.8. The Morgan fingerprint density at radius 1 is 1.05 bits per heavy atom. The lowest BCUT2D eigenvalue weighted by Crippen LogP contribution is -2.60. The number of allylic oxidation sites excluding steroid dienone is 5. The van der Waals surface area contributed by atoms with Crippen LogP contribution in [0.15, 0.2) is 65.4 Å². The number of aliphatic carboxylic acids is 1. The van der Waals surface area contributed by atoms with Crippen LogP contribution in [0.4, 0.5) is 14.5 Å². The summed E-state index contributed by atoms with van der Waals surface area (Å²) < 4.78 is 29.9. The maximum Gasteiger partial charge on any atom is 0.355 e. The molecule has 0 unspecified atom stereocenters. The molecule has 0 radical (unpaired) electrons. The molecule has 41 heavy (non-hydrogen) atoms. The topological polar surface area (TPSA) is 121 Å². The van der Waals surface area contributed by atoms with E-state index in [0.29, 0.717) is 11.3 Å². The van der Waals surface area contributed by atoms with Crippen LogP contribution in [0.5, 0.6) is 0 Å². The van der Waals surface area contributed by atoms with Gasteiger partial charge in [-0.3, -0.25) is 0 Å². The molecule has 0 saturated carbocycles. The van der Waals surface area contributed by atoms with Gasteiger partial charge in [0.15, 0.2) is 18.8 Å². The lowest BCUT2D eigenvalue weighted by Gasteiger charge is -2.41. The van der Waals surface area contributed by atoms with Crippen LogP contribution in [-0.4, -0.2) is 84.5 Å². The largest absolute Gasteiger partial charge is 0.545 e. The van der Waals surface area contributed by atoms with Gasteiger partial charge in [-0.25, -0.2) is 22.9 Å². The highest BCUT2D eigenvalue weighted by Gasteiger charge is 2.57. The lowest BCUT2D eigenvalue weighted by atomic mass is 9.86. The van der Waals surface area contributed by atoms with Crippen molar-refractivity contribution in [3.8, 4) is 0 Å². The molecular formula is C30H26F2N2O6Si. The smallest absolute Gasteiger partial charge is 0.355 e. The Kier molecular flexibility index (Phi) is 5.93. The van der Waals surface area contributed by atoms with Gasteiger partial charge in [0.1, 0.15) is 14.2 Å². The van der Waals surface area contributed by atoms with Crippen LogP contribution < -0.4 is 15.2 Å². The van der Waals surface area contributed by atoms with E-state index in [1.54, 1.807) is 10.7 Å². The Hall–Kier alpha value is -4.38. The van der Waals surface area contributed by atoms with Crippen molar-refractivity contribution in [3.63, 3.8) is 0 Å². The summed E-state index contributed by atoms with van der Waals surface area (Å²) in [5.74, 6) is -4.17. The summed E-state index contributed by atoms with van der Waals surface area (Å²) in [5.41, 5.74) is 1.16. The number of carboxylic acids is 3. The highest BCUT2D eigenvalue weighted by atomic mass is 28.3. The van der Waals surface area contributed by atoms with Crippen LogP contribution >= 0.6 is 0 Å². The van der Waals surface area contributed by atoms with Crippen molar-refractivity contribution in [1.82, 2.24) is 0 Å². The van der Waals surface area contributed by atoms with Gasteiger partial charge in [0.25, 0.3) is 0 Å². The summed E-state index contributed by atoms with van der Waals surface area (Å²) in [4.78, 5) is 37.4. The van der Waals surface area contributed by atoms with Crippen molar-refractivity contribution in [2.75, 3.05) is 31.1 Å². The third-order valence-corrected chi connectivity index (χ3v) is 12.0. The van der Waals surface area contributed by atoms with Crippen LogP contribution in [0.2, 0.25) is 13.1 Å². The van der Waals surface area contributed by atoms with E-state index in [1.165, 1.54) is 18.2 Å². The van der Waals surface area contributed by atoms with Gasteiger partial charge in [0.05, 0.1) is 24.6 Å². The highest BCUT2D eigenvalue weighted by Crippen LogP contribution is 2.43. The monoisotopic (exact) mass is 576 g/mol. The number of anilines is 1. The number of fused-ring (bicyclic) bond motifs is 2. The number of nitrogens with zero attached hydrogens (tertiary/aromatic N) is 2. The van der Waals surface area contributed by atoms with Gasteiger partial charge in [0, 0.05) is 17.8 Å². The summed E-state index contributed by atoms with van der Waals surface area (Å²) >= 11 is 0. The summed E-state index contributed by atoms with van der Waals surface area (Å²) in [7, 11) is -2.55. The minimum Gasteiger partial charge on any atom is -0.545 e. The molecule has 6 rings (SSSR count). The van der Waals surface area contributed by atoms with Crippen LogP contribution in [0, 0.1) is 0 Å². The molecular weight excluding hydrogens is 550 g/mol. The van der Waals surface area contributed by atoms with Gasteiger partial charge in [0.2, 0.25) is 0 Å². The van der Waals surface area contributed by atoms with Gasteiger partial charge in [-0.1, -0.05) is 25.2 Å². The molecule has 1 aliphatic carbocycles. The van der Waals surface area contributed by atoms with E-state index >= 15 is 0 Å². The number of halogens is 2. The molecule has 2 fully saturated rings. The van der Waals surface area contributed by atoms with E-state index in [1.807, 2.05) is 35.3 Å². The van der Waals surface area contributed by atoms with E-state index in [4.69, 9.17) is 0 Å². The van der Waals surface area contributed by atoms with E-state index < -0.39 is 37.8 Å². The lowest BCUT2D eigenvalue weighted by molar-refractivity contribution is -0.613. The van der Waals surface area contributed by atoms with Gasteiger partial charge >= 0.3 is 17.6 Å². The van der Waals surface area contributed by atoms with Crippen molar-refractivity contribution in [2.24, 2.45) is 0 Å². The number of carbonyl (C=O) groups excluding carboxylic acids is 1. The van der Waals surface area contributed by atoms with Gasteiger partial charge in [-0.2, -0.15) is 0 Å². The zero-order valence-electron chi connectivity index (χ0n) is 22.3. The average molecular weight is 577 g/mol. The molecule has 0 aromatic heterocycles. The van der Waals surface area contributed by atoms with Crippen molar-refractivity contribution >= 4 is 48.1 Å². The first-order valence-electron chi connectivity index (χ1n) is 13.1. The molecule has 8 nitrogen and oxygen atoms in total. The van der Waals surface area contributed by atoms with Crippen LogP contribution in [0.25, 0.3) is 5.57 Å². The zero-order valence-corrected chi connectivity index (χ0v) is 23.3. The third-order valence-electron chi connectivity index (χ3n) is 8.48. The Balaban J connectivity index is 1.60. The van der Waals surface area contributed by atoms with Crippen LogP contribution in [-0.2, 0) is 4.79 Å². The minimum atomic E-state index is -2.55. The van der Waals surface area contributed by atoms with E-state index in [9.17, 15) is 38.5 Å². The Morgan fingerprint density at radius 3 is 2.37 bits per heavy atom. The standard InChI is InChI=1S/C30H26F2N2O6Si/c1-41(2)24-10-18(33-12-17(31)13-33)4-7-21(24)26(23-9-16(27(35)36)3-6-20(23)28(37)38)22-8-5-19(11-25(22)41)34-14-30(32,15-34)29(39)40/h3-11,17H,12-15H2,1-2H3,(H2-,35,36,37,38,39,40). The first-order valence-corrected chi connectivity index (χ1v) is 16.1. The molecule has 11 heteroatoms. The molecule has 0 bridgehead atoms. The molecule has 2 aromatic carbocycles. The fraction of sp³-hybridized carbons (Fsp3) is 0.267. The number of benzene rings is 2. The maximum absolute atomic E-state index is 14.6. The Labute approximate surface area is 234 Å². The highest BCUT2D eigenvalue weighted by molar-refractivity contribution is 6.98. The van der Waals surface area contributed by atoms with E-state index in [-0.39, 0.29) is 42.9 Å². The first-order chi connectivity index (χ1) is 19.3. The molecule has 0 atom stereocenters. The summed E-state index contributed by atoms with van der Waals surface area (Å²) in [6.45, 7) is 4.22. The zero-order chi connectivity index (χ0) is 29.4. The molecule has 2 saturated heterocycles. The Bertz CT molecular complexity index is 1690. The number of rotatable bonds is 5. The number of hydrogen-bond donors (Lipinski definition) is 2. The van der Waals surface area contributed by atoms with Crippen LogP contribution in [0.3, 0.4) is 0 Å². The van der Waals surface area contributed by atoms with Crippen molar-refractivity contribution in [1.29, 1.82) is 0 Å². The number of aromatic carboxylic acids is 2. The molecule has 2 aromatic rings. The number of carboxylic acid groups (broad SMARTS) is 3. The Morgan fingerprint density at radius 2 is 1.76 bits per heavy atom. The number of carbonyl (C=O) groups is 3. The molecule has 3 heterocycles. The predicted molar refractivity (Wildman–Crippen MR) is 148 cm³/mol. The normalized spacial score (nSPS) is 22.8. The predicted octanol–water partition coefficient (Wildman–Crippen LogP) is 1.93. The van der Waals surface area contributed by atoms with Crippen LogP contribution in [0.1, 0.15) is 31.8 Å². The third kappa shape index (κ3) is 4.14. The van der Waals surface area contributed by atoms with Gasteiger partial charge < -0.3 is 25.0 Å². The van der Waals surface area contributed by atoms with Gasteiger partial charge in [-0.05, 0) is 68.6 Å². The second-order valence-corrected chi connectivity index (χ2v) is 15.8. The molecule has 210 valence electrons. The average Bonchev–Trinajstić information content (AvgIpc) is 2.89. The molecule has 0 amide bonds. The van der Waals surface area contributed by atoms with Crippen molar-refractivity contribution in [2.45, 2.75) is 24.9 Å². The van der Waals surface area contributed by atoms with Crippen molar-refractivity contribution in [3.05, 3.63) is 87.6 Å². The number of hydrogen-bond acceptors (Lipinski definition) is 5. The fourth-order valence-electron chi connectivity index (χ4n) is 6.09. The molecule has 2 N–H and O–H groups in total. The summed E-state index contributed by atoms with van der Waals surface area (Å²) in [5, 5.41) is 32.9. The SMILES string of the molecule is C[Si]1(C)C2=CC(=[N+]3CC(F)(C(=O)O)C3)C=CC2=C(c2cc(C(=O)[O-])ccc2C(=O)O)c2ccc(N3CC(F)C3)cc21. The van der Waals surface area contributed by atoms with Crippen molar-refractivity contribution < 1.29 is 43.1 Å². The second kappa shape index (κ2) is 9.07. The van der Waals surface area contributed by atoms with Gasteiger partial charge in [-0.15, -0.1) is 0 Å². The molecule has 3 aliphatic heterocycles. The molecule has 0 spiro atoms. The van der Waals surface area contributed by atoms with E-state index in [0.717, 1.165) is 27.2 Å². The number of alkyl halides is 2. The fourth-order valence-corrected chi connectivity index (χ4v) is 9.16. The minimum absolute atomic E-state index is 0.0779. The second-order valence-electron chi connectivity index (χ2n) is 11.4. The molecule has 4 aliphatic rings. The summed E-state index contributed by atoms with van der Waals surface area (Å²) in [6.07, 6.45) is 4.56. The van der Waals surface area contributed by atoms with E-state index in [2.05, 4.69) is 13.1 Å². The quantitative estimate of drug-likeness (QED) is 0.412.